The molecule has 1 aliphatic carbocycles. The molecule has 4 rings (SSSR count). The molecular weight excluding hydrogens is 320 g/mol. The summed E-state index contributed by atoms with van der Waals surface area (Å²) in [6.45, 7) is 4.44. The lowest BCUT2D eigenvalue weighted by molar-refractivity contribution is 0.726. The Morgan fingerprint density at radius 2 is 1.87 bits per heavy atom. The van der Waals surface area contributed by atoms with E-state index >= 15 is 0 Å². The van der Waals surface area contributed by atoms with E-state index in [-0.39, 0.29) is 0 Å². The molecule has 0 saturated heterocycles. The fourth-order valence-corrected chi connectivity index (χ4v) is 4.53. The number of hydrogen-bond donors (Lipinski definition) is 0. The first-order valence-electron chi connectivity index (χ1n) is 8.11. The van der Waals surface area contributed by atoms with Crippen LogP contribution < -0.4 is 4.80 Å². The first-order valence-corrected chi connectivity index (χ1v) is 9.87. The highest BCUT2D eigenvalue weighted by Crippen LogP contribution is 2.39. The molecule has 2 aromatic heterocycles. The van der Waals surface area contributed by atoms with E-state index < -0.39 is 0 Å². The van der Waals surface area contributed by atoms with Crippen molar-refractivity contribution in [1.82, 2.24) is 4.57 Å². The summed E-state index contributed by atoms with van der Waals surface area (Å²) in [5.74, 6) is 0.563. The van der Waals surface area contributed by atoms with Crippen LogP contribution in [0.1, 0.15) is 44.2 Å². The summed E-state index contributed by atoms with van der Waals surface area (Å²) in [7, 11) is 0. The molecule has 0 unspecified atom stereocenters. The van der Waals surface area contributed by atoms with Crippen LogP contribution >= 0.6 is 22.7 Å². The highest BCUT2D eigenvalue weighted by Gasteiger charge is 2.27. The van der Waals surface area contributed by atoms with E-state index in [0.717, 1.165) is 10.5 Å². The van der Waals surface area contributed by atoms with Crippen LogP contribution in [0.4, 0.5) is 5.69 Å². The first-order chi connectivity index (χ1) is 11.2. The van der Waals surface area contributed by atoms with Crippen LogP contribution in [0.2, 0.25) is 0 Å². The number of aromatic nitrogens is 1. The molecule has 2 nitrogen and oxygen atoms in total. The van der Waals surface area contributed by atoms with Crippen molar-refractivity contribution >= 4 is 28.4 Å². The van der Waals surface area contributed by atoms with Crippen LogP contribution in [0.3, 0.4) is 0 Å². The maximum Gasteiger partial charge on any atom is 0.190 e. The summed E-state index contributed by atoms with van der Waals surface area (Å²) in [6.07, 6.45) is 2.54. The van der Waals surface area contributed by atoms with Gasteiger partial charge in [0.15, 0.2) is 4.80 Å². The van der Waals surface area contributed by atoms with Gasteiger partial charge in [0, 0.05) is 11.4 Å². The summed E-state index contributed by atoms with van der Waals surface area (Å²) in [6, 6.07) is 13.6. The van der Waals surface area contributed by atoms with Crippen LogP contribution in [0.15, 0.2) is 52.2 Å². The molecule has 1 aromatic carbocycles. The van der Waals surface area contributed by atoms with Gasteiger partial charge in [-0.25, -0.2) is 4.99 Å². The fourth-order valence-electron chi connectivity index (χ4n) is 2.74. The van der Waals surface area contributed by atoms with Gasteiger partial charge in [-0.05, 0) is 47.9 Å². The fraction of sp³-hybridized carbons (Fsp3) is 0.316. The van der Waals surface area contributed by atoms with E-state index in [0.29, 0.717) is 12.0 Å². The third-order valence-electron chi connectivity index (χ3n) is 4.21. The third-order valence-corrected chi connectivity index (χ3v) is 5.94. The summed E-state index contributed by atoms with van der Waals surface area (Å²) < 4.78 is 2.44. The van der Waals surface area contributed by atoms with E-state index in [9.17, 15) is 0 Å². The Kier molecular flexibility index (Phi) is 3.95. The average molecular weight is 341 g/mol. The SMILES string of the molecule is CC(C)c1ccc(N=c2scc(-c3cccs3)n2C2CC2)cc1. The summed E-state index contributed by atoms with van der Waals surface area (Å²) in [5.41, 5.74) is 3.73. The zero-order chi connectivity index (χ0) is 15.8. The molecule has 1 saturated carbocycles. The lowest BCUT2D eigenvalue weighted by Crippen LogP contribution is -2.13. The van der Waals surface area contributed by atoms with Gasteiger partial charge < -0.3 is 4.57 Å². The van der Waals surface area contributed by atoms with Crippen LogP contribution in [-0.2, 0) is 0 Å². The third kappa shape index (κ3) is 3.06. The number of rotatable bonds is 4. The Balaban J connectivity index is 1.76. The molecule has 1 fully saturated rings. The van der Waals surface area contributed by atoms with Crippen molar-refractivity contribution in [3.63, 3.8) is 0 Å². The van der Waals surface area contributed by atoms with Crippen molar-refractivity contribution in [2.24, 2.45) is 4.99 Å². The van der Waals surface area contributed by atoms with Crippen LogP contribution in [-0.4, -0.2) is 4.57 Å². The van der Waals surface area contributed by atoms with Gasteiger partial charge in [0.25, 0.3) is 0 Å². The minimum Gasteiger partial charge on any atom is -0.313 e. The topological polar surface area (TPSA) is 17.3 Å². The second-order valence-electron chi connectivity index (χ2n) is 6.34. The zero-order valence-electron chi connectivity index (χ0n) is 13.4. The first kappa shape index (κ1) is 14.9. The smallest absolute Gasteiger partial charge is 0.190 e. The monoisotopic (exact) mass is 340 g/mol. The molecule has 3 aromatic rings. The van der Waals surface area contributed by atoms with Crippen molar-refractivity contribution < 1.29 is 0 Å². The molecule has 0 amide bonds. The van der Waals surface area contributed by atoms with Gasteiger partial charge in [-0.15, -0.1) is 22.7 Å². The summed E-state index contributed by atoms with van der Waals surface area (Å²) in [4.78, 5) is 7.38. The molecular formula is C19H20N2S2. The molecule has 0 aliphatic heterocycles. The number of benzene rings is 1. The van der Waals surface area contributed by atoms with E-state index in [4.69, 9.17) is 4.99 Å². The Bertz CT molecular complexity index is 848. The largest absolute Gasteiger partial charge is 0.313 e. The Morgan fingerprint density at radius 1 is 1.09 bits per heavy atom. The molecule has 2 heterocycles. The lowest BCUT2D eigenvalue weighted by atomic mass is 10.0. The highest BCUT2D eigenvalue weighted by molar-refractivity contribution is 7.14. The molecule has 0 spiro atoms. The predicted octanol–water partition coefficient (Wildman–Crippen LogP) is 5.97. The van der Waals surface area contributed by atoms with Crippen LogP contribution in [0.5, 0.6) is 0 Å². The van der Waals surface area contributed by atoms with Crippen molar-refractivity contribution in [3.05, 3.63) is 57.5 Å². The number of nitrogens with zero attached hydrogens (tertiary/aromatic N) is 2. The van der Waals surface area contributed by atoms with E-state index in [1.807, 2.05) is 0 Å². The van der Waals surface area contributed by atoms with E-state index in [1.165, 1.54) is 29.0 Å². The average Bonchev–Trinajstić information content (AvgIpc) is 3.08. The van der Waals surface area contributed by atoms with Crippen LogP contribution in [0.25, 0.3) is 10.6 Å². The normalized spacial score (nSPS) is 15.5. The number of thiazole rings is 1. The molecule has 118 valence electrons. The molecule has 0 radical (unpaired) electrons. The molecule has 1 aliphatic rings. The van der Waals surface area contributed by atoms with Gasteiger partial charge in [-0.2, -0.15) is 0 Å². The van der Waals surface area contributed by atoms with Gasteiger partial charge in [0.2, 0.25) is 0 Å². The van der Waals surface area contributed by atoms with E-state index in [2.05, 4.69) is 65.6 Å². The lowest BCUT2D eigenvalue weighted by Gasteiger charge is -2.06. The minimum absolute atomic E-state index is 0.563. The van der Waals surface area contributed by atoms with Gasteiger partial charge in [0.05, 0.1) is 16.3 Å². The molecule has 4 heteroatoms. The molecule has 0 N–H and O–H groups in total. The second-order valence-corrected chi connectivity index (χ2v) is 8.12. The molecule has 0 atom stereocenters. The molecule has 0 bridgehead atoms. The van der Waals surface area contributed by atoms with Gasteiger partial charge in [-0.3, -0.25) is 0 Å². The van der Waals surface area contributed by atoms with Crippen LogP contribution in [0, 0.1) is 0 Å². The van der Waals surface area contributed by atoms with Crippen molar-refractivity contribution in [2.45, 2.75) is 38.6 Å². The van der Waals surface area contributed by atoms with Gasteiger partial charge in [0.1, 0.15) is 0 Å². The number of hydrogen-bond acceptors (Lipinski definition) is 3. The summed E-state index contributed by atoms with van der Waals surface area (Å²) >= 11 is 3.56. The molecule has 23 heavy (non-hydrogen) atoms. The minimum atomic E-state index is 0.563. The van der Waals surface area contributed by atoms with Gasteiger partial charge >= 0.3 is 0 Å². The second kappa shape index (κ2) is 6.10. The van der Waals surface area contributed by atoms with Crippen molar-refractivity contribution in [1.29, 1.82) is 0 Å². The maximum absolute atomic E-state index is 4.92. The summed E-state index contributed by atoms with van der Waals surface area (Å²) in [5, 5.41) is 4.40. The van der Waals surface area contributed by atoms with Gasteiger partial charge in [-0.1, -0.05) is 32.0 Å². The van der Waals surface area contributed by atoms with Crippen molar-refractivity contribution in [3.8, 4) is 10.6 Å². The Labute approximate surface area is 144 Å². The Hall–Kier alpha value is -1.65. The Morgan fingerprint density at radius 3 is 2.48 bits per heavy atom. The predicted molar refractivity (Wildman–Crippen MR) is 99.6 cm³/mol. The zero-order valence-corrected chi connectivity index (χ0v) is 15.0. The van der Waals surface area contributed by atoms with Crippen molar-refractivity contribution in [2.75, 3.05) is 0 Å². The highest BCUT2D eigenvalue weighted by atomic mass is 32.1. The number of thiophene rings is 1. The van der Waals surface area contributed by atoms with E-state index in [1.54, 1.807) is 22.7 Å². The quantitative estimate of drug-likeness (QED) is 0.557. The maximum atomic E-state index is 4.92. The standard InChI is InChI=1S/C19H20N2S2/c1-13(2)14-5-7-15(8-6-14)20-19-21(16-9-10-16)17(12-23-19)18-4-3-11-22-18/h3-8,11-13,16H,9-10H2,1-2H3.